The number of hydrogen-bond donors (Lipinski definition) is 1. The van der Waals surface area contributed by atoms with Crippen molar-refractivity contribution in [3.05, 3.63) is 40.3 Å². The summed E-state index contributed by atoms with van der Waals surface area (Å²) >= 11 is 0. The predicted molar refractivity (Wildman–Crippen MR) is 87.4 cm³/mol. The maximum Gasteiger partial charge on any atom is 0.409 e. The number of nitrogens with zero attached hydrogens (tertiary/aromatic N) is 2. The number of carbonyl (C=O) groups excluding carboxylic acids is 1. The number of carbonyl (C=O) groups is 1. The summed E-state index contributed by atoms with van der Waals surface area (Å²) in [5.74, 6) is 0.461. The number of aromatic amines is 1. The number of likely N-dealkylation sites (tertiary alicyclic amines) is 1. The molecule has 1 fully saturated rings. The van der Waals surface area contributed by atoms with E-state index in [2.05, 4.69) is 10.2 Å². The maximum atomic E-state index is 11.8. The van der Waals surface area contributed by atoms with Crippen LogP contribution in [0.1, 0.15) is 25.5 Å². The summed E-state index contributed by atoms with van der Waals surface area (Å²) < 4.78 is 5.04. The van der Waals surface area contributed by atoms with Gasteiger partial charge in [0.15, 0.2) is 0 Å². The second-order valence-electron chi connectivity index (χ2n) is 5.88. The van der Waals surface area contributed by atoms with E-state index in [1.165, 1.54) is 0 Å². The van der Waals surface area contributed by atoms with Crippen LogP contribution in [-0.2, 0) is 11.2 Å². The van der Waals surface area contributed by atoms with Crippen LogP contribution in [-0.4, -0.2) is 40.9 Å². The number of piperidine rings is 1. The third kappa shape index (κ3) is 3.36. The zero-order chi connectivity index (χ0) is 16.2. The van der Waals surface area contributed by atoms with Gasteiger partial charge in [-0.25, -0.2) is 9.89 Å². The minimum atomic E-state index is -0.224. The molecule has 0 bridgehead atoms. The lowest BCUT2D eigenvalue weighted by Gasteiger charge is -2.31. The van der Waals surface area contributed by atoms with Gasteiger partial charge in [0.05, 0.1) is 17.7 Å². The lowest BCUT2D eigenvalue weighted by atomic mass is 9.91. The summed E-state index contributed by atoms with van der Waals surface area (Å²) in [7, 11) is 0. The Labute approximate surface area is 134 Å². The van der Waals surface area contributed by atoms with E-state index in [4.69, 9.17) is 4.74 Å². The van der Waals surface area contributed by atoms with Crippen molar-refractivity contribution in [3.8, 4) is 0 Å². The van der Waals surface area contributed by atoms with Gasteiger partial charge in [-0.05, 0) is 38.2 Å². The Morgan fingerprint density at radius 3 is 2.70 bits per heavy atom. The summed E-state index contributed by atoms with van der Waals surface area (Å²) in [4.78, 5) is 25.3. The highest BCUT2D eigenvalue weighted by atomic mass is 16.6. The van der Waals surface area contributed by atoms with E-state index in [-0.39, 0.29) is 11.7 Å². The number of fused-ring (bicyclic) bond motifs is 1. The van der Waals surface area contributed by atoms with Gasteiger partial charge in [0.2, 0.25) is 0 Å². The molecule has 1 aromatic heterocycles. The maximum absolute atomic E-state index is 11.8. The second kappa shape index (κ2) is 6.81. The molecule has 0 aliphatic carbocycles. The highest BCUT2D eigenvalue weighted by molar-refractivity contribution is 5.83. The monoisotopic (exact) mass is 315 g/mol. The summed E-state index contributed by atoms with van der Waals surface area (Å²) in [5, 5.41) is 8.43. The van der Waals surface area contributed by atoms with Crippen molar-refractivity contribution in [3.63, 3.8) is 0 Å². The number of rotatable bonds is 3. The van der Waals surface area contributed by atoms with Gasteiger partial charge >= 0.3 is 6.09 Å². The Morgan fingerprint density at radius 1 is 1.30 bits per heavy atom. The van der Waals surface area contributed by atoms with Crippen molar-refractivity contribution < 1.29 is 9.53 Å². The number of benzene rings is 1. The van der Waals surface area contributed by atoms with Crippen LogP contribution in [0.5, 0.6) is 0 Å². The summed E-state index contributed by atoms with van der Waals surface area (Å²) in [6.07, 6.45) is 2.44. The molecular formula is C17H21N3O3. The Morgan fingerprint density at radius 2 is 2.00 bits per heavy atom. The molecule has 0 atom stereocenters. The van der Waals surface area contributed by atoms with E-state index in [0.29, 0.717) is 31.0 Å². The smallest absolute Gasteiger partial charge is 0.409 e. The van der Waals surface area contributed by atoms with E-state index in [1.54, 1.807) is 4.90 Å². The first kappa shape index (κ1) is 15.5. The Kier molecular flexibility index (Phi) is 4.60. The molecule has 23 heavy (non-hydrogen) atoms. The normalized spacial score (nSPS) is 15.8. The molecule has 1 N–H and O–H groups in total. The first-order valence-corrected chi connectivity index (χ1v) is 8.07. The molecule has 1 saturated heterocycles. The fourth-order valence-corrected chi connectivity index (χ4v) is 3.13. The van der Waals surface area contributed by atoms with Gasteiger partial charge in [0.25, 0.3) is 5.56 Å². The van der Waals surface area contributed by atoms with Crippen LogP contribution in [0.2, 0.25) is 0 Å². The molecule has 2 aromatic rings. The highest BCUT2D eigenvalue weighted by Crippen LogP contribution is 2.24. The van der Waals surface area contributed by atoms with Crippen molar-refractivity contribution in [1.29, 1.82) is 0 Å². The van der Waals surface area contributed by atoms with Crippen molar-refractivity contribution >= 4 is 16.9 Å². The SMILES string of the molecule is CCOC(=O)N1CCC(Cc2n[nH]c(=O)c3ccccc23)CC1. The molecule has 1 amide bonds. The molecule has 0 unspecified atom stereocenters. The van der Waals surface area contributed by atoms with E-state index in [1.807, 2.05) is 31.2 Å². The fourth-order valence-electron chi connectivity index (χ4n) is 3.13. The zero-order valence-electron chi connectivity index (χ0n) is 13.2. The second-order valence-corrected chi connectivity index (χ2v) is 5.88. The fraction of sp³-hybridized carbons (Fsp3) is 0.471. The lowest BCUT2D eigenvalue weighted by Crippen LogP contribution is -2.39. The first-order chi connectivity index (χ1) is 11.2. The molecule has 0 spiro atoms. The molecule has 2 heterocycles. The third-order valence-corrected chi connectivity index (χ3v) is 4.40. The molecule has 1 aliphatic heterocycles. The molecule has 6 heteroatoms. The number of aromatic nitrogens is 2. The molecule has 1 aromatic carbocycles. The van der Waals surface area contributed by atoms with Crippen molar-refractivity contribution in [2.45, 2.75) is 26.2 Å². The van der Waals surface area contributed by atoms with Crippen LogP contribution in [0.25, 0.3) is 10.8 Å². The minimum absolute atomic E-state index is 0.151. The Bertz CT molecular complexity index is 748. The van der Waals surface area contributed by atoms with Crippen LogP contribution in [0, 0.1) is 5.92 Å². The number of ether oxygens (including phenoxy) is 1. The third-order valence-electron chi connectivity index (χ3n) is 4.40. The van der Waals surface area contributed by atoms with Crippen LogP contribution in [0.3, 0.4) is 0 Å². The zero-order valence-corrected chi connectivity index (χ0v) is 13.2. The molecule has 0 radical (unpaired) electrons. The first-order valence-electron chi connectivity index (χ1n) is 8.07. The lowest BCUT2D eigenvalue weighted by molar-refractivity contribution is 0.0917. The van der Waals surface area contributed by atoms with Gasteiger partial charge < -0.3 is 9.64 Å². The molecule has 6 nitrogen and oxygen atoms in total. The average Bonchev–Trinajstić information content (AvgIpc) is 2.58. The molecule has 122 valence electrons. The van der Waals surface area contributed by atoms with Gasteiger partial charge in [0, 0.05) is 18.5 Å². The van der Waals surface area contributed by atoms with Crippen LogP contribution < -0.4 is 5.56 Å². The van der Waals surface area contributed by atoms with Gasteiger partial charge in [-0.2, -0.15) is 5.10 Å². The van der Waals surface area contributed by atoms with Crippen LogP contribution in [0.15, 0.2) is 29.1 Å². The summed E-state index contributed by atoms with van der Waals surface area (Å²) in [6.45, 7) is 3.65. The average molecular weight is 315 g/mol. The topological polar surface area (TPSA) is 75.3 Å². The van der Waals surface area contributed by atoms with Crippen molar-refractivity contribution in [1.82, 2.24) is 15.1 Å². The van der Waals surface area contributed by atoms with Crippen molar-refractivity contribution in [2.24, 2.45) is 5.92 Å². The Hall–Kier alpha value is -2.37. The van der Waals surface area contributed by atoms with Crippen molar-refractivity contribution in [2.75, 3.05) is 19.7 Å². The van der Waals surface area contributed by atoms with E-state index in [9.17, 15) is 9.59 Å². The number of H-pyrrole nitrogens is 1. The highest BCUT2D eigenvalue weighted by Gasteiger charge is 2.24. The predicted octanol–water partition coefficient (Wildman–Crippen LogP) is 2.33. The minimum Gasteiger partial charge on any atom is -0.450 e. The van der Waals surface area contributed by atoms with E-state index in [0.717, 1.165) is 30.3 Å². The number of hydrogen-bond acceptors (Lipinski definition) is 4. The van der Waals surface area contributed by atoms with Gasteiger partial charge in [0.1, 0.15) is 0 Å². The molecule has 0 saturated carbocycles. The largest absolute Gasteiger partial charge is 0.450 e. The molecule has 3 rings (SSSR count). The Balaban J connectivity index is 1.69. The standard InChI is InChI=1S/C17H21N3O3/c1-2-23-17(22)20-9-7-12(8-10-20)11-15-13-5-3-4-6-14(13)16(21)19-18-15/h3-6,12H,2,7-11H2,1H3,(H,19,21). The number of amides is 1. The summed E-state index contributed by atoms with van der Waals surface area (Å²) in [6, 6.07) is 7.55. The molecular weight excluding hydrogens is 294 g/mol. The number of nitrogens with one attached hydrogen (secondary N) is 1. The van der Waals surface area contributed by atoms with E-state index >= 15 is 0 Å². The molecule has 1 aliphatic rings. The summed E-state index contributed by atoms with van der Waals surface area (Å²) in [5.41, 5.74) is 0.774. The van der Waals surface area contributed by atoms with Crippen LogP contribution >= 0.6 is 0 Å². The van der Waals surface area contributed by atoms with Gasteiger partial charge in [-0.1, -0.05) is 18.2 Å². The van der Waals surface area contributed by atoms with Crippen LogP contribution in [0.4, 0.5) is 4.79 Å². The van der Waals surface area contributed by atoms with E-state index < -0.39 is 0 Å². The van der Waals surface area contributed by atoms with Gasteiger partial charge in [-0.3, -0.25) is 4.79 Å². The van der Waals surface area contributed by atoms with Gasteiger partial charge in [-0.15, -0.1) is 0 Å². The quantitative estimate of drug-likeness (QED) is 0.943.